The SMILES string of the molecule is CNC(=O)c1ccc(NCCNC(=O)c2ccccc2)c(C(F)(F)F)c1. The van der Waals surface area contributed by atoms with Crippen molar-refractivity contribution in [1.29, 1.82) is 0 Å². The molecular formula is C18H18F3N3O2. The van der Waals surface area contributed by atoms with Crippen LogP contribution in [-0.2, 0) is 6.18 Å². The predicted octanol–water partition coefficient (Wildman–Crippen LogP) is 2.91. The van der Waals surface area contributed by atoms with Crippen molar-refractivity contribution in [2.75, 3.05) is 25.5 Å². The van der Waals surface area contributed by atoms with E-state index >= 15 is 0 Å². The summed E-state index contributed by atoms with van der Waals surface area (Å²) in [6.45, 7) is 0.239. The third-order valence-electron chi connectivity index (χ3n) is 3.58. The highest BCUT2D eigenvalue weighted by molar-refractivity contribution is 5.95. The quantitative estimate of drug-likeness (QED) is 0.690. The number of rotatable bonds is 6. The number of hydrogen-bond donors (Lipinski definition) is 3. The molecule has 8 heteroatoms. The second-order valence-corrected chi connectivity index (χ2v) is 5.39. The number of benzene rings is 2. The highest BCUT2D eigenvalue weighted by Gasteiger charge is 2.34. The van der Waals surface area contributed by atoms with Crippen molar-refractivity contribution < 1.29 is 22.8 Å². The Labute approximate surface area is 148 Å². The van der Waals surface area contributed by atoms with Gasteiger partial charge in [-0.1, -0.05) is 18.2 Å². The number of hydrogen-bond acceptors (Lipinski definition) is 3. The number of carbonyl (C=O) groups excluding carboxylic acids is 2. The zero-order valence-electron chi connectivity index (χ0n) is 14.0. The first-order valence-electron chi connectivity index (χ1n) is 7.83. The minimum atomic E-state index is -4.61. The minimum Gasteiger partial charge on any atom is -0.383 e. The van der Waals surface area contributed by atoms with Crippen molar-refractivity contribution in [1.82, 2.24) is 10.6 Å². The lowest BCUT2D eigenvalue weighted by atomic mass is 10.1. The molecule has 0 saturated heterocycles. The Bertz CT molecular complexity index is 777. The monoisotopic (exact) mass is 365 g/mol. The van der Waals surface area contributed by atoms with Crippen LogP contribution in [0.2, 0.25) is 0 Å². The molecule has 0 aliphatic carbocycles. The Balaban J connectivity index is 2.00. The number of alkyl halides is 3. The maximum atomic E-state index is 13.2. The van der Waals surface area contributed by atoms with Gasteiger partial charge in [0.05, 0.1) is 5.56 Å². The van der Waals surface area contributed by atoms with Gasteiger partial charge in [-0.15, -0.1) is 0 Å². The second kappa shape index (κ2) is 8.37. The number of nitrogens with one attached hydrogen (secondary N) is 3. The van der Waals surface area contributed by atoms with Gasteiger partial charge in [-0.2, -0.15) is 13.2 Å². The van der Waals surface area contributed by atoms with E-state index in [4.69, 9.17) is 0 Å². The average molecular weight is 365 g/mol. The van der Waals surface area contributed by atoms with Gasteiger partial charge in [-0.3, -0.25) is 9.59 Å². The highest BCUT2D eigenvalue weighted by Crippen LogP contribution is 2.35. The fourth-order valence-electron chi connectivity index (χ4n) is 2.28. The topological polar surface area (TPSA) is 70.2 Å². The first-order chi connectivity index (χ1) is 12.3. The van der Waals surface area contributed by atoms with E-state index in [2.05, 4.69) is 16.0 Å². The highest BCUT2D eigenvalue weighted by atomic mass is 19.4. The zero-order chi connectivity index (χ0) is 19.2. The number of carbonyl (C=O) groups is 2. The second-order valence-electron chi connectivity index (χ2n) is 5.39. The van der Waals surface area contributed by atoms with Gasteiger partial charge < -0.3 is 16.0 Å². The van der Waals surface area contributed by atoms with E-state index in [9.17, 15) is 22.8 Å². The van der Waals surface area contributed by atoms with E-state index in [0.717, 1.165) is 6.07 Å². The van der Waals surface area contributed by atoms with Crippen LogP contribution in [0.4, 0.5) is 18.9 Å². The van der Waals surface area contributed by atoms with Gasteiger partial charge in [-0.05, 0) is 30.3 Å². The lowest BCUT2D eigenvalue weighted by Crippen LogP contribution is -2.29. The van der Waals surface area contributed by atoms with Crippen molar-refractivity contribution in [3.05, 3.63) is 65.2 Å². The molecule has 26 heavy (non-hydrogen) atoms. The molecule has 0 saturated carbocycles. The Hall–Kier alpha value is -3.03. The van der Waals surface area contributed by atoms with Gasteiger partial charge in [0.1, 0.15) is 0 Å². The van der Waals surface area contributed by atoms with Crippen LogP contribution >= 0.6 is 0 Å². The molecule has 5 nitrogen and oxygen atoms in total. The van der Waals surface area contributed by atoms with Crippen LogP contribution in [0.5, 0.6) is 0 Å². The van der Waals surface area contributed by atoms with E-state index in [1.807, 2.05) is 0 Å². The van der Waals surface area contributed by atoms with Crippen molar-refractivity contribution in [3.8, 4) is 0 Å². The Morgan fingerprint density at radius 2 is 1.62 bits per heavy atom. The molecule has 0 fully saturated rings. The third-order valence-corrected chi connectivity index (χ3v) is 3.58. The van der Waals surface area contributed by atoms with Crippen LogP contribution in [-0.4, -0.2) is 32.0 Å². The summed E-state index contributed by atoms with van der Waals surface area (Å²) in [5, 5.41) is 7.55. The Morgan fingerprint density at radius 3 is 2.23 bits per heavy atom. The fraction of sp³-hybridized carbons (Fsp3) is 0.222. The summed E-state index contributed by atoms with van der Waals surface area (Å²) in [4.78, 5) is 23.4. The molecule has 0 atom stereocenters. The summed E-state index contributed by atoms with van der Waals surface area (Å²) in [6.07, 6.45) is -4.61. The van der Waals surface area contributed by atoms with Gasteiger partial charge in [-0.25, -0.2) is 0 Å². The van der Waals surface area contributed by atoms with Crippen LogP contribution in [0.25, 0.3) is 0 Å². The third kappa shape index (κ3) is 4.98. The van der Waals surface area contributed by atoms with Crippen LogP contribution in [0.1, 0.15) is 26.3 Å². The van der Waals surface area contributed by atoms with Crippen LogP contribution in [0.15, 0.2) is 48.5 Å². The summed E-state index contributed by atoms with van der Waals surface area (Å²) in [5.74, 6) is -0.907. The smallest absolute Gasteiger partial charge is 0.383 e. The summed E-state index contributed by atoms with van der Waals surface area (Å²) >= 11 is 0. The molecule has 0 heterocycles. The van der Waals surface area contributed by atoms with Crippen molar-refractivity contribution in [2.24, 2.45) is 0 Å². The average Bonchev–Trinajstić information content (AvgIpc) is 2.64. The van der Waals surface area contributed by atoms with E-state index in [0.29, 0.717) is 5.56 Å². The van der Waals surface area contributed by atoms with Gasteiger partial charge in [0.25, 0.3) is 11.8 Å². The maximum Gasteiger partial charge on any atom is 0.418 e. The number of amides is 2. The van der Waals surface area contributed by atoms with E-state index in [1.54, 1.807) is 30.3 Å². The lowest BCUT2D eigenvalue weighted by molar-refractivity contribution is -0.137. The Kier molecular flexibility index (Phi) is 6.21. The molecule has 0 radical (unpaired) electrons. The predicted molar refractivity (Wildman–Crippen MR) is 92.1 cm³/mol. The molecule has 0 spiro atoms. The van der Waals surface area contributed by atoms with E-state index in [1.165, 1.54) is 19.2 Å². The molecule has 0 aliphatic heterocycles. The normalized spacial score (nSPS) is 10.9. The maximum absolute atomic E-state index is 13.2. The molecule has 0 aliphatic rings. The Morgan fingerprint density at radius 1 is 0.923 bits per heavy atom. The van der Waals surface area contributed by atoms with E-state index in [-0.39, 0.29) is 30.2 Å². The first-order valence-corrected chi connectivity index (χ1v) is 7.83. The summed E-state index contributed by atoms with van der Waals surface area (Å²) in [7, 11) is 1.34. The number of anilines is 1. The van der Waals surface area contributed by atoms with E-state index < -0.39 is 17.6 Å². The molecule has 2 amide bonds. The molecule has 2 aromatic carbocycles. The summed E-state index contributed by atoms with van der Waals surface area (Å²) < 4.78 is 39.6. The van der Waals surface area contributed by atoms with Gasteiger partial charge >= 0.3 is 6.18 Å². The number of halogens is 3. The van der Waals surface area contributed by atoms with Crippen molar-refractivity contribution >= 4 is 17.5 Å². The van der Waals surface area contributed by atoms with Crippen LogP contribution in [0.3, 0.4) is 0 Å². The zero-order valence-corrected chi connectivity index (χ0v) is 14.0. The molecule has 138 valence electrons. The molecule has 0 bridgehead atoms. The van der Waals surface area contributed by atoms with Crippen LogP contribution in [0, 0.1) is 0 Å². The first kappa shape index (κ1) is 19.3. The standard InChI is InChI=1S/C18H18F3N3O2/c1-22-16(25)13-7-8-15(14(11-13)18(19,20)21)23-9-10-24-17(26)12-5-3-2-4-6-12/h2-8,11,23H,9-10H2,1H3,(H,22,25)(H,24,26). The molecule has 2 rings (SSSR count). The molecule has 0 unspecified atom stereocenters. The largest absolute Gasteiger partial charge is 0.418 e. The molecule has 2 aromatic rings. The lowest BCUT2D eigenvalue weighted by Gasteiger charge is -2.16. The van der Waals surface area contributed by atoms with Crippen molar-refractivity contribution in [3.63, 3.8) is 0 Å². The van der Waals surface area contributed by atoms with Gasteiger partial charge in [0, 0.05) is 37.0 Å². The summed E-state index contributed by atoms with van der Waals surface area (Å²) in [5.41, 5.74) is -0.701. The fourth-order valence-corrected chi connectivity index (χ4v) is 2.28. The van der Waals surface area contributed by atoms with Crippen molar-refractivity contribution in [2.45, 2.75) is 6.18 Å². The van der Waals surface area contributed by atoms with Gasteiger partial charge in [0.15, 0.2) is 0 Å². The van der Waals surface area contributed by atoms with Crippen LogP contribution < -0.4 is 16.0 Å². The summed E-state index contributed by atoms with van der Waals surface area (Å²) in [6, 6.07) is 11.8. The minimum absolute atomic E-state index is 0.0808. The molecule has 3 N–H and O–H groups in total. The van der Waals surface area contributed by atoms with Gasteiger partial charge in [0.2, 0.25) is 0 Å². The molecular weight excluding hydrogens is 347 g/mol. The molecule has 0 aromatic heterocycles.